The molecule has 0 bridgehead atoms. The standard InChI is InChI=1S/C57H98O6/c1-4-7-10-13-16-19-22-25-27-29-31-32-35-38-41-44-47-50-56(59)62-53-54(52-61-55(58)49-46-43-40-37-34-24-21-18-15-12-9-6-3)63-57(60)51-48-45-42-39-36-33-30-28-26-23-20-17-14-11-8-5-2/h7,10,16,18-19,21,25,27,31-32,38,41,54H,4-6,8-9,11-15,17,20,22-24,26,28-30,33-37,39-40,42-53H2,1-3H3/b10-7-,19-16-,21-18-,27-25-,32-31-,41-38-. The Labute approximate surface area is 389 Å². The molecule has 0 heterocycles. The number of hydrogen-bond acceptors (Lipinski definition) is 6. The van der Waals surface area contributed by atoms with E-state index < -0.39 is 6.10 Å². The molecule has 0 saturated heterocycles. The molecule has 0 fully saturated rings. The van der Waals surface area contributed by atoms with E-state index in [-0.39, 0.29) is 37.5 Å². The Hall–Kier alpha value is -3.15. The first-order chi connectivity index (χ1) is 31.0. The highest BCUT2D eigenvalue weighted by Crippen LogP contribution is 2.15. The minimum atomic E-state index is -0.799. The van der Waals surface area contributed by atoms with Crippen LogP contribution in [0.3, 0.4) is 0 Å². The quantitative estimate of drug-likeness (QED) is 0.0262. The second-order valence-electron chi connectivity index (χ2n) is 17.4. The van der Waals surface area contributed by atoms with Crippen LogP contribution in [0.2, 0.25) is 0 Å². The van der Waals surface area contributed by atoms with Crippen LogP contribution in [-0.2, 0) is 28.6 Å². The summed E-state index contributed by atoms with van der Waals surface area (Å²) in [6.45, 7) is 6.45. The fourth-order valence-corrected chi connectivity index (χ4v) is 7.24. The van der Waals surface area contributed by atoms with Gasteiger partial charge in [0.1, 0.15) is 13.2 Å². The van der Waals surface area contributed by atoms with Crippen LogP contribution in [0.15, 0.2) is 72.9 Å². The Morgan fingerprint density at radius 3 is 1.08 bits per heavy atom. The van der Waals surface area contributed by atoms with Crippen molar-refractivity contribution in [1.82, 2.24) is 0 Å². The van der Waals surface area contributed by atoms with Gasteiger partial charge in [0, 0.05) is 19.3 Å². The molecule has 0 aromatic rings. The number of carbonyl (C=O) groups is 3. The minimum Gasteiger partial charge on any atom is -0.462 e. The summed E-state index contributed by atoms with van der Waals surface area (Å²) in [5.41, 5.74) is 0. The third-order valence-corrected chi connectivity index (χ3v) is 11.2. The van der Waals surface area contributed by atoms with Crippen LogP contribution in [-0.4, -0.2) is 37.2 Å². The van der Waals surface area contributed by atoms with Crippen LogP contribution in [0.4, 0.5) is 0 Å². The molecule has 1 unspecified atom stereocenters. The van der Waals surface area contributed by atoms with Gasteiger partial charge in [-0.25, -0.2) is 0 Å². The molecule has 0 aliphatic carbocycles. The molecule has 0 aromatic carbocycles. The fourth-order valence-electron chi connectivity index (χ4n) is 7.24. The first kappa shape index (κ1) is 59.9. The summed E-state index contributed by atoms with van der Waals surface area (Å²) in [6.07, 6.45) is 64.6. The maximum absolute atomic E-state index is 12.8. The highest BCUT2D eigenvalue weighted by atomic mass is 16.6. The van der Waals surface area contributed by atoms with Crippen LogP contribution >= 0.6 is 0 Å². The Morgan fingerprint density at radius 2 is 0.635 bits per heavy atom. The maximum Gasteiger partial charge on any atom is 0.306 e. The van der Waals surface area contributed by atoms with Crippen molar-refractivity contribution in [3.63, 3.8) is 0 Å². The summed E-state index contributed by atoms with van der Waals surface area (Å²) < 4.78 is 16.8. The molecule has 0 aliphatic rings. The van der Waals surface area contributed by atoms with E-state index in [1.54, 1.807) is 0 Å². The molecule has 362 valence electrons. The molecule has 6 heteroatoms. The molecule has 0 saturated carbocycles. The van der Waals surface area contributed by atoms with Crippen molar-refractivity contribution in [2.45, 2.75) is 258 Å². The topological polar surface area (TPSA) is 78.9 Å². The average molecular weight is 879 g/mol. The van der Waals surface area contributed by atoms with Gasteiger partial charge in [-0.05, 0) is 83.5 Å². The molecular formula is C57H98O6. The molecule has 0 aromatic heterocycles. The first-order valence-electron chi connectivity index (χ1n) is 26.4. The molecule has 0 rings (SSSR count). The van der Waals surface area contributed by atoms with E-state index in [4.69, 9.17) is 14.2 Å². The second-order valence-corrected chi connectivity index (χ2v) is 17.4. The Balaban J connectivity index is 4.46. The smallest absolute Gasteiger partial charge is 0.306 e. The first-order valence-corrected chi connectivity index (χ1v) is 26.4. The van der Waals surface area contributed by atoms with E-state index in [9.17, 15) is 14.4 Å². The van der Waals surface area contributed by atoms with Crippen molar-refractivity contribution >= 4 is 17.9 Å². The summed E-state index contributed by atoms with van der Waals surface area (Å²) in [5.74, 6) is -0.960. The van der Waals surface area contributed by atoms with E-state index in [1.165, 1.54) is 122 Å². The third-order valence-electron chi connectivity index (χ3n) is 11.2. The molecule has 0 amide bonds. The summed E-state index contributed by atoms with van der Waals surface area (Å²) in [4.78, 5) is 38.0. The maximum atomic E-state index is 12.8. The molecule has 0 spiro atoms. The molecule has 6 nitrogen and oxygen atoms in total. The van der Waals surface area contributed by atoms with Crippen molar-refractivity contribution in [1.29, 1.82) is 0 Å². The minimum absolute atomic E-state index is 0.0958. The molecule has 1 atom stereocenters. The average Bonchev–Trinajstić information content (AvgIpc) is 3.28. The normalized spacial score (nSPS) is 12.6. The van der Waals surface area contributed by atoms with Gasteiger partial charge in [0.2, 0.25) is 0 Å². The summed E-state index contributed by atoms with van der Waals surface area (Å²) in [7, 11) is 0. The zero-order chi connectivity index (χ0) is 45.8. The summed E-state index contributed by atoms with van der Waals surface area (Å²) in [6, 6.07) is 0. The Kier molecular flexibility index (Phi) is 48.9. The molecule has 63 heavy (non-hydrogen) atoms. The van der Waals surface area contributed by atoms with Crippen molar-refractivity contribution in [3.8, 4) is 0 Å². The summed E-state index contributed by atoms with van der Waals surface area (Å²) >= 11 is 0. The van der Waals surface area contributed by atoms with E-state index in [0.29, 0.717) is 19.3 Å². The number of ether oxygens (including phenoxy) is 3. The Bertz CT molecular complexity index is 1190. The lowest BCUT2D eigenvalue weighted by atomic mass is 10.0. The zero-order valence-electron chi connectivity index (χ0n) is 41.3. The van der Waals surface area contributed by atoms with E-state index in [2.05, 4.69) is 93.7 Å². The number of hydrogen-bond donors (Lipinski definition) is 0. The van der Waals surface area contributed by atoms with Gasteiger partial charge in [-0.2, -0.15) is 0 Å². The predicted molar refractivity (Wildman–Crippen MR) is 270 cm³/mol. The highest BCUT2D eigenvalue weighted by molar-refractivity contribution is 5.71. The number of allylic oxidation sites excluding steroid dienone is 12. The highest BCUT2D eigenvalue weighted by Gasteiger charge is 2.19. The second kappa shape index (κ2) is 51.5. The fraction of sp³-hybridized carbons (Fsp3) is 0.737. The van der Waals surface area contributed by atoms with Gasteiger partial charge in [-0.1, -0.05) is 222 Å². The van der Waals surface area contributed by atoms with Gasteiger partial charge in [0.05, 0.1) is 0 Å². The van der Waals surface area contributed by atoms with Gasteiger partial charge in [0.25, 0.3) is 0 Å². The SMILES string of the molecule is CC/C=C\C/C=C\C/C=C\C/C=C\C/C=C\CCCC(=O)OCC(COC(=O)CCCCCCC/C=C\CCCCC)OC(=O)CCCCCCCCCCCCCCCCCC. The lowest BCUT2D eigenvalue weighted by molar-refractivity contribution is -0.167. The van der Waals surface area contributed by atoms with E-state index in [1.807, 2.05) is 0 Å². The van der Waals surface area contributed by atoms with Gasteiger partial charge >= 0.3 is 17.9 Å². The van der Waals surface area contributed by atoms with Crippen LogP contribution in [0.1, 0.15) is 252 Å². The molecular weight excluding hydrogens is 781 g/mol. The van der Waals surface area contributed by atoms with Gasteiger partial charge in [-0.3, -0.25) is 14.4 Å². The van der Waals surface area contributed by atoms with Crippen molar-refractivity contribution in [2.75, 3.05) is 13.2 Å². The Morgan fingerprint density at radius 1 is 0.333 bits per heavy atom. The summed E-state index contributed by atoms with van der Waals surface area (Å²) in [5, 5.41) is 0. The van der Waals surface area contributed by atoms with Crippen LogP contribution in [0.5, 0.6) is 0 Å². The van der Waals surface area contributed by atoms with Gasteiger partial charge in [-0.15, -0.1) is 0 Å². The lowest BCUT2D eigenvalue weighted by Crippen LogP contribution is -2.30. The van der Waals surface area contributed by atoms with Crippen LogP contribution < -0.4 is 0 Å². The van der Waals surface area contributed by atoms with E-state index >= 15 is 0 Å². The number of unbranched alkanes of at least 4 members (excludes halogenated alkanes) is 24. The van der Waals surface area contributed by atoms with E-state index in [0.717, 1.165) is 83.5 Å². The largest absolute Gasteiger partial charge is 0.462 e. The van der Waals surface area contributed by atoms with Crippen molar-refractivity contribution in [3.05, 3.63) is 72.9 Å². The zero-order valence-corrected chi connectivity index (χ0v) is 41.3. The predicted octanol–water partition coefficient (Wildman–Crippen LogP) is 17.4. The number of rotatable bonds is 47. The lowest BCUT2D eigenvalue weighted by Gasteiger charge is -2.18. The molecule has 0 aliphatic heterocycles. The van der Waals surface area contributed by atoms with Crippen LogP contribution in [0, 0.1) is 0 Å². The number of carbonyl (C=O) groups excluding carboxylic acids is 3. The monoisotopic (exact) mass is 879 g/mol. The number of esters is 3. The van der Waals surface area contributed by atoms with Crippen molar-refractivity contribution in [2.24, 2.45) is 0 Å². The van der Waals surface area contributed by atoms with Crippen LogP contribution in [0.25, 0.3) is 0 Å². The molecule has 0 radical (unpaired) electrons. The van der Waals surface area contributed by atoms with Gasteiger partial charge < -0.3 is 14.2 Å². The third kappa shape index (κ3) is 49.7. The van der Waals surface area contributed by atoms with Gasteiger partial charge in [0.15, 0.2) is 6.10 Å². The molecule has 0 N–H and O–H groups in total. The van der Waals surface area contributed by atoms with Crippen molar-refractivity contribution < 1.29 is 28.6 Å².